The molecule has 0 atom stereocenters. The second kappa shape index (κ2) is 5.91. The van der Waals surface area contributed by atoms with Crippen LogP contribution in [-0.4, -0.2) is 26.6 Å². The molecule has 18 heavy (non-hydrogen) atoms. The molecule has 1 heterocycles. The van der Waals surface area contributed by atoms with Crippen LogP contribution in [0.5, 0.6) is 0 Å². The molecule has 0 amide bonds. The fourth-order valence-corrected chi connectivity index (χ4v) is 2.08. The molecule has 0 saturated carbocycles. The number of thioether (sulfide) groups is 1. The van der Waals surface area contributed by atoms with Gasteiger partial charge < -0.3 is 5.11 Å². The third-order valence-electron chi connectivity index (χ3n) is 2.29. The average molecular weight is 267 g/mol. The number of aryl methyl sites for hydroxylation is 1. The normalized spacial score (nSPS) is 11.2. The molecule has 0 aliphatic heterocycles. The van der Waals surface area contributed by atoms with E-state index in [4.69, 9.17) is 10.4 Å². The Morgan fingerprint density at radius 1 is 1.61 bits per heavy atom. The van der Waals surface area contributed by atoms with Crippen LogP contribution in [0.15, 0.2) is 11.1 Å². The Kier molecular flexibility index (Phi) is 4.79. The van der Waals surface area contributed by atoms with Crippen LogP contribution in [0.3, 0.4) is 0 Å². The van der Waals surface area contributed by atoms with Gasteiger partial charge in [0.15, 0.2) is 0 Å². The second-order valence-electron chi connectivity index (χ2n) is 4.93. The lowest BCUT2D eigenvalue weighted by Gasteiger charge is -2.14. The Morgan fingerprint density at radius 2 is 2.28 bits per heavy atom. The van der Waals surface area contributed by atoms with E-state index in [0.717, 1.165) is 10.7 Å². The zero-order chi connectivity index (χ0) is 13.8. The first-order valence-electron chi connectivity index (χ1n) is 5.64. The van der Waals surface area contributed by atoms with Gasteiger partial charge in [0.2, 0.25) is 0 Å². The maximum absolute atomic E-state index is 10.6. The molecule has 1 aromatic heterocycles. The maximum atomic E-state index is 10.6. The van der Waals surface area contributed by atoms with Gasteiger partial charge in [-0.1, -0.05) is 32.5 Å². The van der Waals surface area contributed by atoms with Crippen molar-refractivity contribution < 1.29 is 9.90 Å². The number of hydrogen-bond acceptors (Lipinski definition) is 4. The van der Waals surface area contributed by atoms with Crippen molar-refractivity contribution in [3.8, 4) is 6.07 Å². The molecule has 1 aromatic rings. The highest BCUT2D eigenvalue weighted by Crippen LogP contribution is 2.26. The van der Waals surface area contributed by atoms with E-state index in [9.17, 15) is 4.79 Å². The first kappa shape index (κ1) is 14.6. The summed E-state index contributed by atoms with van der Waals surface area (Å²) in [5, 5.41) is 22.6. The summed E-state index contributed by atoms with van der Waals surface area (Å²) in [5.41, 5.74) is 0.824. The van der Waals surface area contributed by atoms with Crippen LogP contribution in [0, 0.1) is 11.3 Å². The SMILES string of the molecule is CC(C)(C)c1cc(SCC(=O)O)n(CCC#N)n1. The minimum Gasteiger partial charge on any atom is -0.481 e. The molecule has 6 heteroatoms. The Hall–Kier alpha value is -1.48. The molecule has 5 nitrogen and oxygen atoms in total. The van der Waals surface area contributed by atoms with Crippen molar-refractivity contribution in [1.29, 1.82) is 5.26 Å². The van der Waals surface area contributed by atoms with Crippen molar-refractivity contribution in [2.45, 2.75) is 44.2 Å². The molecule has 0 bridgehead atoms. The molecule has 0 aromatic carbocycles. The molecule has 1 rings (SSSR count). The minimum atomic E-state index is -0.856. The molecular weight excluding hydrogens is 250 g/mol. The summed E-state index contributed by atoms with van der Waals surface area (Å²) < 4.78 is 1.72. The monoisotopic (exact) mass is 267 g/mol. The minimum absolute atomic E-state index is 0.00182. The largest absolute Gasteiger partial charge is 0.481 e. The van der Waals surface area contributed by atoms with Crippen LogP contribution in [0.4, 0.5) is 0 Å². The Morgan fingerprint density at radius 3 is 2.78 bits per heavy atom. The number of aliphatic carboxylic acids is 1. The predicted molar refractivity (Wildman–Crippen MR) is 69.5 cm³/mol. The summed E-state index contributed by atoms with van der Waals surface area (Å²) >= 11 is 1.23. The average Bonchev–Trinajstić information content (AvgIpc) is 2.66. The maximum Gasteiger partial charge on any atom is 0.313 e. The van der Waals surface area contributed by atoms with E-state index in [2.05, 4.69) is 31.9 Å². The van der Waals surface area contributed by atoms with Crippen molar-refractivity contribution in [2.24, 2.45) is 0 Å². The van der Waals surface area contributed by atoms with Gasteiger partial charge in [0.05, 0.1) is 35.5 Å². The summed E-state index contributed by atoms with van der Waals surface area (Å²) in [5.74, 6) is -0.854. The zero-order valence-electron chi connectivity index (χ0n) is 10.8. The highest BCUT2D eigenvalue weighted by molar-refractivity contribution is 7.99. The summed E-state index contributed by atoms with van der Waals surface area (Å²) in [7, 11) is 0. The van der Waals surface area contributed by atoms with Gasteiger partial charge in [-0.05, 0) is 6.07 Å². The van der Waals surface area contributed by atoms with Gasteiger partial charge in [-0.25, -0.2) is 0 Å². The number of carboxylic acids is 1. The van der Waals surface area contributed by atoms with Crippen LogP contribution >= 0.6 is 11.8 Å². The van der Waals surface area contributed by atoms with E-state index < -0.39 is 5.97 Å². The van der Waals surface area contributed by atoms with Crippen LogP contribution < -0.4 is 0 Å². The van der Waals surface area contributed by atoms with E-state index in [1.807, 2.05) is 6.07 Å². The van der Waals surface area contributed by atoms with Gasteiger partial charge in [0.1, 0.15) is 0 Å². The van der Waals surface area contributed by atoms with Gasteiger partial charge in [-0.3, -0.25) is 9.48 Å². The van der Waals surface area contributed by atoms with Gasteiger partial charge in [-0.15, -0.1) is 0 Å². The van der Waals surface area contributed by atoms with E-state index in [1.165, 1.54) is 11.8 Å². The quantitative estimate of drug-likeness (QED) is 0.828. The molecule has 0 spiro atoms. The van der Waals surface area contributed by atoms with E-state index in [-0.39, 0.29) is 11.2 Å². The summed E-state index contributed by atoms with van der Waals surface area (Å²) in [4.78, 5) is 10.6. The first-order valence-corrected chi connectivity index (χ1v) is 6.63. The molecule has 0 unspecified atom stereocenters. The highest BCUT2D eigenvalue weighted by Gasteiger charge is 2.20. The smallest absolute Gasteiger partial charge is 0.313 e. The van der Waals surface area contributed by atoms with Crippen molar-refractivity contribution in [3.63, 3.8) is 0 Å². The Balaban J connectivity index is 2.94. The van der Waals surface area contributed by atoms with Gasteiger partial charge in [0, 0.05) is 5.41 Å². The van der Waals surface area contributed by atoms with E-state index in [0.29, 0.717) is 13.0 Å². The standard InChI is InChI=1S/C12H17N3O2S/c1-12(2,3)9-7-10(18-8-11(16)17)15(14-9)6-4-5-13/h7H,4,6,8H2,1-3H3,(H,16,17). The zero-order valence-corrected chi connectivity index (χ0v) is 11.6. The molecule has 0 radical (unpaired) electrons. The summed E-state index contributed by atoms with van der Waals surface area (Å²) in [6.07, 6.45) is 0.367. The lowest BCUT2D eigenvalue weighted by Crippen LogP contribution is -2.13. The van der Waals surface area contributed by atoms with Crippen molar-refractivity contribution in [1.82, 2.24) is 9.78 Å². The fourth-order valence-electron chi connectivity index (χ4n) is 1.33. The van der Waals surface area contributed by atoms with E-state index >= 15 is 0 Å². The Labute approximate surface area is 111 Å². The first-order chi connectivity index (χ1) is 8.34. The number of aromatic nitrogens is 2. The molecule has 0 saturated heterocycles. The number of carboxylic acid groups (broad SMARTS) is 1. The predicted octanol–water partition coefficient (Wildman–Crippen LogP) is 2.27. The number of carbonyl (C=O) groups is 1. The third-order valence-corrected chi connectivity index (χ3v) is 3.31. The number of rotatable bonds is 5. The molecular formula is C12H17N3O2S. The highest BCUT2D eigenvalue weighted by atomic mass is 32.2. The Bertz CT molecular complexity index is 469. The number of hydrogen-bond donors (Lipinski definition) is 1. The van der Waals surface area contributed by atoms with Crippen molar-refractivity contribution in [2.75, 3.05) is 5.75 Å². The van der Waals surface area contributed by atoms with Gasteiger partial charge >= 0.3 is 5.97 Å². The van der Waals surface area contributed by atoms with Crippen LogP contribution in [0.25, 0.3) is 0 Å². The van der Waals surface area contributed by atoms with Crippen LogP contribution in [0.1, 0.15) is 32.9 Å². The van der Waals surface area contributed by atoms with Gasteiger partial charge in [-0.2, -0.15) is 10.4 Å². The summed E-state index contributed by atoms with van der Waals surface area (Å²) in [6.45, 7) is 6.65. The molecule has 0 aliphatic carbocycles. The number of nitriles is 1. The lowest BCUT2D eigenvalue weighted by molar-refractivity contribution is -0.133. The topological polar surface area (TPSA) is 78.9 Å². The second-order valence-corrected chi connectivity index (χ2v) is 5.93. The van der Waals surface area contributed by atoms with Crippen LogP contribution in [-0.2, 0) is 16.8 Å². The lowest BCUT2D eigenvalue weighted by atomic mass is 9.93. The van der Waals surface area contributed by atoms with Crippen molar-refractivity contribution >= 4 is 17.7 Å². The van der Waals surface area contributed by atoms with Crippen LogP contribution in [0.2, 0.25) is 0 Å². The molecule has 0 aliphatic rings. The van der Waals surface area contributed by atoms with Crippen molar-refractivity contribution in [3.05, 3.63) is 11.8 Å². The summed E-state index contributed by atoms with van der Waals surface area (Å²) in [6, 6.07) is 3.98. The molecule has 0 fully saturated rings. The molecule has 1 N–H and O–H groups in total. The van der Waals surface area contributed by atoms with Gasteiger partial charge in [0.25, 0.3) is 0 Å². The third kappa shape index (κ3) is 4.08. The molecule has 98 valence electrons. The fraction of sp³-hybridized carbons (Fsp3) is 0.583. The van der Waals surface area contributed by atoms with E-state index in [1.54, 1.807) is 4.68 Å². The number of nitrogens with zero attached hydrogens (tertiary/aromatic N) is 3.